The van der Waals surface area contributed by atoms with Crippen LogP contribution in [-0.2, 0) is 12.8 Å². The van der Waals surface area contributed by atoms with Crippen LogP contribution in [0.3, 0.4) is 0 Å². The van der Waals surface area contributed by atoms with Crippen LogP contribution in [0.15, 0.2) is 54.6 Å². The van der Waals surface area contributed by atoms with Gasteiger partial charge in [0.15, 0.2) is 0 Å². The molecule has 1 heteroatoms. The van der Waals surface area contributed by atoms with Crippen LogP contribution in [0.4, 0.5) is 4.39 Å². The second-order valence-electron chi connectivity index (χ2n) is 7.61. The van der Waals surface area contributed by atoms with Gasteiger partial charge in [-0.1, -0.05) is 108 Å². The molecule has 3 rings (SSSR count). The van der Waals surface area contributed by atoms with Crippen LogP contribution in [0.25, 0.3) is 0 Å². The maximum absolute atomic E-state index is 12.4. The first kappa shape index (κ1) is 24.4. The van der Waals surface area contributed by atoms with Crippen molar-refractivity contribution in [2.24, 2.45) is 5.92 Å². The Balaban J connectivity index is 0.000000268. The van der Waals surface area contributed by atoms with Crippen molar-refractivity contribution in [3.8, 4) is 0 Å². The number of aryl methyl sites for hydroxylation is 2. The Morgan fingerprint density at radius 3 is 1.93 bits per heavy atom. The van der Waals surface area contributed by atoms with Crippen molar-refractivity contribution in [2.45, 2.75) is 91.4 Å². The van der Waals surface area contributed by atoms with Crippen LogP contribution in [0.1, 0.15) is 89.7 Å². The van der Waals surface area contributed by atoms with Gasteiger partial charge >= 0.3 is 0 Å². The smallest absolute Gasteiger partial charge is 0.123 e. The molecule has 0 aromatic heterocycles. The largest absolute Gasteiger partial charge is 0.207 e. The molecule has 1 saturated carbocycles. The highest BCUT2D eigenvalue weighted by molar-refractivity contribution is 5.16. The molecule has 0 spiro atoms. The fourth-order valence-corrected chi connectivity index (χ4v) is 3.75. The van der Waals surface area contributed by atoms with E-state index in [1.165, 1.54) is 87.5 Å². The van der Waals surface area contributed by atoms with Gasteiger partial charge in [-0.15, -0.1) is 0 Å². The lowest BCUT2D eigenvalue weighted by atomic mass is 9.85. The minimum Gasteiger partial charge on any atom is -0.207 e. The van der Waals surface area contributed by atoms with E-state index in [1.807, 2.05) is 26.0 Å². The molecule has 0 aliphatic heterocycles. The molecule has 28 heavy (non-hydrogen) atoms. The van der Waals surface area contributed by atoms with Gasteiger partial charge in [0.2, 0.25) is 0 Å². The molecule has 0 nitrogen and oxygen atoms in total. The molecule has 0 atom stereocenters. The van der Waals surface area contributed by atoms with Gasteiger partial charge in [0, 0.05) is 0 Å². The van der Waals surface area contributed by atoms with E-state index in [9.17, 15) is 4.39 Å². The summed E-state index contributed by atoms with van der Waals surface area (Å²) in [6.45, 7) is 6.16. The van der Waals surface area contributed by atoms with Gasteiger partial charge < -0.3 is 0 Å². The van der Waals surface area contributed by atoms with Gasteiger partial charge in [-0.25, -0.2) is 4.39 Å². The van der Waals surface area contributed by atoms with Crippen molar-refractivity contribution in [1.29, 1.82) is 0 Å². The van der Waals surface area contributed by atoms with E-state index in [-0.39, 0.29) is 5.82 Å². The molecule has 0 N–H and O–H groups in total. The van der Waals surface area contributed by atoms with E-state index in [0.717, 1.165) is 12.3 Å². The zero-order valence-corrected chi connectivity index (χ0v) is 18.4. The second-order valence-corrected chi connectivity index (χ2v) is 7.61. The summed E-state index contributed by atoms with van der Waals surface area (Å²) in [7, 11) is 0. The molecule has 0 amide bonds. The Kier molecular flexibility index (Phi) is 14.2. The van der Waals surface area contributed by atoms with Gasteiger partial charge in [0.25, 0.3) is 0 Å². The molecule has 0 bridgehead atoms. The normalized spacial score (nSPS) is 13.7. The lowest BCUT2D eigenvalue weighted by Gasteiger charge is -2.21. The van der Waals surface area contributed by atoms with Crippen LogP contribution < -0.4 is 0 Å². The average Bonchev–Trinajstić information content (AvgIpc) is 2.77. The fourth-order valence-electron chi connectivity index (χ4n) is 3.75. The zero-order chi connectivity index (χ0) is 20.5. The lowest BCUT2D eigenvalue weighted by Crippen LogP contribution is -2.06. The molecule has 2 aromatic carbocycles. The van der Waals surface area contributed by atoms with Crippen molar-refractivity contribution >= 4 is 0 Å². The van der Waals surface area contributed by atoms with Crippen LogP contribution in [-0.4, -0.2) is 0 Å². The number of benzene rings is 2. The van der Waals surface area contributed by atoms with Gasteiger partial charge in [-0.05, 0) is 54.9 Å². The summed E-state index contributed by atoms with van der Waals surface area (Å²) in [5, 5.41) is 0. The third-order valence-electron chi connectivity index (χ3n) is 5.38. The van der Waals surface area contributed by atoms with E-state index < -0.39 is 0 Å². The predicted octanol–water partition coefficient (Wildman–Crippen LogP) is 8.78. The summed E-state index contributed by atoms with van der Waals surface area (Å²) in [6.07, 6.45) is 15.0. The van der Waals surface area contributed by atoms with E-state index in [1.54, 1.807) is 0 Å². The monoisotopic (exact) mass is 384 g/mol. The third kappa shape index (κ3) is 11.3. The summed E-state index contributed by atoms with van der Waals surface area (Å²) in [6, 6.07) is 17.6. The molecule has 0 saturated heterocycles. The first-order chi connectivity index (χ1) is 13.8. The Morgan fingerprint density at radius 2 is 1.32 bits per heavy atom. The molecule has 1 fully saturated rings. The molecule has 156 valence electrons. The van der Waals surface area contributed by atoms with Crippen LogP contribution in [0.2, 0.25) is 0 Å². The van der Waals surface area contributed by atoms with Crippen molar-refractivity contribution in [3.63, 3.8) is 0 Å². The summed E-state index contributed by atoms with van der Waals surface area (Å²) in [5.74, 6) is 0.896. The van der Waals surface area contributed by atoms with Crippen LogP contribution in [0, 0.1) is 11.7 Å². The number of unbranched alkanes of at least 4 members (excludes halogenated alkanes) is 1. The maximum atomic E-state index is 12.4. The molecular formula is C27H41F. The highest BCUT2D eigenvalue weighted by Crippen LogP contribution is 2.27. The second kappa shape index (κ2) is 16.3. The first-order valence-electron chi connectivity index (χ1n) is 11.6. The molecule has 0 unspecified atom stereocenters. The quantitative estimate of drug-likeness (QED) is 0.447. The highest BCUT2D eigenvalue weighted by Gasteiger charge is 2.12. The van der Waals surface area contributed by atoms with E-state index >= 15 is 0 Å². The van der Waals surface area contributed by atoms with Gasteiger partial charge in [-0.2, -0.15) is 0 Å². The number of rotatable bonds is 7. The van der Waals surface area contributed by atoms with Crippen molar-refractivity contribution in [3.05, 3.63) is 71.5 Å². The standard InChI is InChI=1S/C15H22.C10H13F.C2H6/c1-3-8-14(9-4-1)12-7-13-15-10-5-2-6-11-15;1-2-3-4-9-5-7-10(11)8-6-9;1-2/h1,3-4,8-9,15H,2,5-7,10-13H2;5-8H,2-4H2,1H3;1-2H3. The topological polar surface area (TPSA) is 0 Å². The van der Waals surface area contributed by atoms with Gasteiger partial charge in [0.05, 0.1) is 0 Å². The summed E-state index contributed by atoms with van der Waals surface area (Å²) < 4.78 is 12.4. The van der Waals surface area contributed by atoms with E-state index in [0.29, 0.717) is 0 Å². The Hall–Kier alpha value is -1.63. The molecular weight excluding hydrogens is 343 g/mol. The maximum Gasteiger partial charge on any atom is 0.123 e. The van der Waals surface area contributed by atoms with E-state index in [2.05, 4.69) is 37.3 Å². The Labute approximate surface area is 173 Å². The summed E-state index contributed by atoms with van der Waals surface area (Å²) in [4.78, 5) is 0. The fraction of sp³-hybridized carbons (Fsp3) is 0.556. The SMILES string of the molecule is CC.CCCCc1ccc(F)cc1.c1ccc(CCCC2CCCCC2)cc1. The average molecular weight is 385 g/mol. The lowest BCUT2D eigenvalue weighted by molar-refractivity contribution is 0.332. The Bertz CT molecular complexity index is 567. The minimum absolute atomic E-state index is 0.148. The van der Waals surface area contributed by atoms with Crippen LogP contribution >= 0.6 is 0 Å². The molecule has 0 radical (unpaired) electrons. The van der Waals surface area contributed by atoms with E-state index in [4.69, 9.17) is 0 Å². The van der Waals surface area contributed by atoms with Crippen molar-refractivity contribution < 1.29 is 4.39 Å². The first-order valence-corrected chi connectivity index (χ1v) is 11.6. The highest BCUT2D eigenvalue weighted by atomic mass is 19.1. The molecule has 1 aliphatic carbocycles. The zero-order valence-electron chi connectivity index (χ0n) is 18.4. The minimum atomic E-state index is -0.148. The molecule has 0 heterocycles. The van der Waals surface area contributed by atoms with Gasteiger partial charge in [0.1, 0.15) is 5.82 Å². The third-order valence-corrected chi connectivity index (χ3v) is 5.38. The Morgan fingerprint density at radius 1 is 0.750 bits per heavy atom. The van der Waals surface area contributed by atoms with Crippen LogP contribution in [0.5, 0.6) is 0 Å². The summed E-state index contributed by atoms with van der Waals surface area (Å²) in [5.41, 5.74) is 2.74. The number of hydrogen-bond donors (Lipinski definition) is 0. The number of halogens is 1. The van der Waals surface area contributed by atoms with Crippen molar-refractivity contribution in [1.82, 2.24) is 0 Å². The predicted molar refractivity (Wildman–Crippen MR) is 122 cm³/mol. The number of hydrogen-bond acceptors (Lipinski definition) is 0. The molecule has 2 aromatic rings. The molecule has 1 aliphatic rings. The van der Waals surface area contributed by atoms with Gasteiger partial charge in [-0.3, -0.25) is 0 Å². The summed E-state index contributed by atoms with van der Waals surface area (Å²) >= 11 is 0. The van der Waals surface area contributed by atoms with Crippen molar-refractivity contribution in [2.75, 3.05) is 0 Å².